The van der Waals surface area contributed by atoms with E-state index in [9.17, 15) is 9.59 Å². The molecule has 5 atom stereocenters. The third kappa shape index (κ3) is 2.22. The largest absolute Gasteiger partial charge is 0.455 e. The number of esters is 2. The molecule has 3 aliphatic rings. The second-order valence-corrected chi connectivity index (χ2v) is 5.99. The highest BCUT2D eigenvalue weighted by atomic mass is 16.7. The summed E-state index contributed by atoms with van der Waals surface area (Å²) in [6.07, 6.45) is 0.137. The minimum atomic E-state index is -0.510. The smallest absolute Gasteiger partial charge is 0.312 e. The minimum absolute atomic E-state index is 0. The van der Waals surface area contributed by atoms with Gasteiger partial charge in [-0.2, -0.15) is 0 Å². The van der Waals surface area contributed by atoms with E-state index in [0.717, 1.165) is 0 Å². The number of fused-ring (bicyclic) bond motifs is 1. The van der Waals surface area contributed by atoms with Crippen molar-refractivity contribution in [1.82, 2.24) is 0 Å². The quantitative estimate of drug-likeness (QED) is 0.745. The van der Waals surface area contributed by atoms with Crippen LogP contribution in [0.3, 0.4) is 0 Å². The molecule has 0 aliphatic carbocycles. The number of carbonyl (C=O) groups is 2. The maximum atomic E-state index is 12.1. The van der Waals surface area contributed by atoms with Crippen molar-refractivity contribution in [3.63, 3.8) is 0 Å². The van der Waals surface area contributed by atoms with E-state index >= 15 is 0 Å². The van der Waals surface area contributed by atoms with Crippen LogP contribution in [0, 0.1) is 11.3 Å². The van der Waals surface area contributed by atoms with Crippen LogP contribution < -0.4 is 0 Å². The van der Waals surface area contributed by atoms with Crippen LogP contribution in [0.2, 0.25) is 0 Å². The van der Waals surface area contributed by atoms with Gasteiger partial charge in [-0.3, -0.25) is 9.59 Å². The van der Waals surface area contributed by atoms with Crippen LogP contribution >= 0.6 is 0 Å². The molecule has 0 radical (unpaired) electrons. The van der Waals surface area contributed by atoms with Crippen molar-refractivity contribution < 1.29 is 23.8 Å². The zero-order chi connectivity index (χ0) is 13.1. The van der Waals surface area contributed by atoms with Crippen LogP contribution in [-0.4, -0.2) is 36.4 Å². The molecule has 3 saturated heterocycles. The average Bonchev–Trinajstić information content (AvgIpc) is 2.93. The molecule has 3 aliphatic heterocycles. The molecule has 0 aromatic heterocycles. The number of rotatable bonds is 3. The summed E-state index contributed by atoms with van der Waals surface area (Å²) >= 11 is 0. The van der Waals surface area contributed by atoms with E-state index in [2.05, 4.69) is 0 Å². The molecule has 0 spiro atoms. The first-order chi connectivity index (χ1) is 8.44. The van der Waals surface area contributed by atoms with E-state index in [-0.39, 0.29) is 44.9 Å². The molecule has 116 valence electrons. The Hall–Kier alpha value is -1.10. The van der Waals surface area contributed by atoms with Gasteiger partial charge in [-0.05, 0) is 26.7 Å². The van der Waals surface area contributed by atoms with Crippen molar-refractivity contribution in [2.75, 3.05) is 0 Å². The fraction of sp³-hybridized carbons (Fsp3) is 0.867. The Labute approximate surface area is 121 Å². The summed E-state index contributed by atoms with van der Waals surface area (Å²) in [6.45, 7) is 5.66. The van der Waals surface area contributed by atoms with Crippen molar-refractivity contribution in [3.05, 3.63) is 0 Å². The van der Waals surface area contributed by atoms with Crippen molar-refractivity contribution in [1.29, 1.82) is 0 Å². The maximum absolute atomic E-state index is 12.1. The fourth-order valence-corrected chi connectivity index (χ4v) is 2.81. The topological polar surface area (TPSA) is 61.8 Å². The summed E-state index contributed by atoms with van der Waals surface area (Å²) in [5.74, 6) is -0.597. The first-order valence-corrected chi connectivity index (χ1v) is 6.51. The lowest BCUT2D eigenvalue weighted by Gasteiger charge is -2.27. The summed E-state index contributed by atoms with van der Waals surface area (Å²) < 4.78 is 16.5. The lowest BCUT2D eigenvalue weighted by Crippen LogP contribution is -2.42. The summed E-state index contributed by atoms with van der Waals surface area (Å²) in [6, 6.07) is 0. The van der Waals surface area contributed by atoms with Crippen molar-refractivity contribution in [2.24, 2.45) is 11.3 Å². The van der Waals surface area contributed by atoms with Gasteiger partial charge in [0.25, 0.3) is 0 Å². The molecule has 5 unspecified atom stereocenters. The van der Waals surface area contributed by atoms with E-state index < -0.39 is 17.6 Å². The summed E-state index contributed by atoms with van der Waals surface area (Å²) in [5.41, 5.74) is -0.510. The standard InChI is InChI=1S/C13H18O5.2CH4/c1-4-13(2,3)12(15)18-9-7-5-6-8(16-7)10(9)17-11(6)14;;/h6-10H,4-5H2,1-3H3;2*1H4. The summed E-state index contributed by atoms with van der Waals surface area (Å²) in [4.78, 5) is 23.6. The Bertz CT molecular complexity index is 403. The molecule has 0 amide bonds. The molecule has 3 heterocycles. The second-order valence-electron chi connectivity index (χ2n) is 5.99. The zero-order valence-electron chi connectivity index (χ0n) is 10.8. The van der Waals surface area contributed by atoms with E-state index in [1.54, 1.807) is 0 Å². The van der Waals surface area contributed by atoms with Crippen LogP contribution in [0.4, 0.5) is 0 Å². The molecule has 0 aromatic carbocycles. The lowest BCUT2D eigenvalue weighted by molar-refractivity contribution is -0.169. The third-order valence-electron chi connectivity index (χ3n) is 4.46. The van der Waals surface area contributed by atoms with E-state index in [4.69, 9.17) is 14.2 Å². The van der Waals surface area contributed by atoms with Crippen LogP contribution in [0.1, 0.15) is 48.5 Å². The van der Waals surface area contributed by atoms with Gasteiger partial charge in [0, 0.05) is 0 Å². The molecule has 3 rings (SSSR count). The van der Waals surface area contributed by atoms with Gasteiger partial charge >= 0.3 is 11.9 Å². The van der Waals surface area contributed by atoms with E-state index in [1.165, 1.54) is 0 Å². The third-order valence-corrected chi connectivity index (χ3v) is 4.46. The van der Waals surface area contributed by atoms with Gasteiger partial charge in [-0.1, -0.05) is 21.8 Å². The first-order valence-electron chi connectivity index (χ1n) is 6.51. The Kier molecular flexibility index (Phi) is 4.54. The van der Waals surface area contributed by atoms with Crippen molar-refractivity contribution in [2.45, 2.75) is 72.9 Å². The van der Waals surface area contributed by atoms with Crippen LogP contribution in [0.15, 0.2) is 0 Å². The highest BCUT2D eigenvalue weighted by Gasteiger charge is 2.65. The average molecular weight is 286 g/mol. The van der Waals surface area contributed by atoms with E-state index in [1.807, 2.05) is 20.8 Å². The van der Waals surface area contributed by atoms with Crippen LogP contribution in [-0.2, 0) is 23.8 Å². The molecule has 0 aromatic rings. The predicted molar refractivity (Wildman–Crippen MR) is 74.1 cm³/mol. The van der Waals surface area contributed by atoms with Crippen molar-refractivity contribution in [3.8, 4) is 0 Å². The molecule has 20 heavy (non-hydrogen) atoms. The van der Waals surface area contributed by atoms with Crippen molar-refractivity contribution >= 4 is 11.9 Å². The molecule has 5 nitrogen and oxygen atoms in total. The van der Waals surface area contributed by atoms with Gasteiger partial charge in [0.2, 0.25) is 0 Å². The first kappa shape index (κ1) is 17.0. The van der Waals surface area contributed by atoms with Gasteiger partial charge < -0.3 is 14.2 Å². The Morgan fingerprint density at radius 1 is 1.35 bits per heavy atom. The second kappa shape index (κ2) is 5.35. The summed E-state index contributed by atoms with van der Waals surface area (Å²) in [7, 11) is 0. The monoisotopic (exact) mass is 286 g/mol. The molecule has 0 N–H and O–H groups in total. The minimum Gasteiger partial charge on any atom is -0.455 e. The lowest BCUT2D eigenvalue weighted by atomic mass is 9.87. The Balaban J connectivity index is 0.000001000. The van der Waals surface area contributed by atoms with Crippen LogP contribution in [0.5, 0.6) is 0 Å². The highest BCUT2D eigenvalue weighted by molar-refractivity contribution is 5.78. The van der Waals surface area contributed by atoms with Crippen LogP contribution in [0.25, 0.3) is 0 Å². The number of carbonyl (C=O) groups excluding carboxylic acids is 2. The molecule has 3 fully saturated rings. The normalized spacial score (nSPS) is 37.0. The Morgan fingerprint density at radius 2 is 2.00 bits per heavy atom. The van der Waals surface area contributed by atoms with Gasteiger partial charge in [-0.25, -0.2) is 0 Å². The zero-order valence-corrected chi connectivity index (χ0v) is 10.8. The van der Waals surface area contributed by atoms with Gasteiger partial charge in [0.05, 0.1) is 17.4 Å². The molecular formula is C15H26O5. The van der Waals surface area contributed by atoms with E-state index in [0.29, 0.717) is 12.8 Å². The highest BCUT2D eigenvalue weighted by Crippen LogP contribution is 2.47. The van der Waals surface area contributed by atoms with Gasteiger partial charge in [-0.15, -0.1) is 0 Å². The Morgan fingerprint density at radius 3 is 2.60 bits per heavy atom. The SMILES string of the molecule is C.C.CCC(C)(C)C(=O)OC1C2CC3C(=O)OC1C3O2. The predicted octanol–water partition coefficient (Wildman–Crippen LogP) is 2.32. The van der Waals surface area contributed by atoms with Gasteiger partial charge in [0.1, 0.15) is 6.10 Å². The number of hydrogen-bond donors (Lipinski definition) is 0. The number of ether oxygens (including phenoxy) is 3. The summed E-state index contributed by atoms with van der Waals surface area (Å²) in [5, 5.41) is 0. The molecular weight excluding hydrogens is 260 g/mol. The molecule has 5 heteroatoms. The maximum Gasteiger partial charge on any atom is 0.312 e. The van der Waals surface area contributed by atoms with Gasteiger partial charge in [0.15, 0.2) is 12.2 Å². The fourth-order valence-electron chi connectivity index (χ4n) is 2.81. The number of hydrogen-bond acceptors (Lipinski definition) is 5. The molecule has 0 saturated carbocycles. The molecule has 2 bridgehead atoms.